The molecule has 3 aromatic carbocycles. The second-order valence-electron chi connectivity index (χ2n) is 12.7. The molecule has 0 aliphatic carbocycles. The predicted octanol–water partition coefficient (Wildman–Crippen LogP) is 6.20. The highest BCUT2D eigenvalue weighted by Crippen LogP contribution is 2.40. The lowest BCUT2D eigenvalue weighted by Crippen LogP contribution is -2.37. The molecule has 1 aliphatic rings. The van der Waals surface area contributed by atoms with Crippen LogP contribution < -0.4 is 24.8 Å². The van der Waals surface area contributed by atoms with Gasteiger partial charge in [0.1, 0.15) is 30.8 Å². The summed E-state index contributed by atoms with van der Waals surface area (Å²) in [6, 6.07) is 15.3. The highest BCUT2D eigenvalue weighted by Gasteiger charge is 2.27. The number of carbonyl (C=O) groups is 2. The highest BCUT2D eigenvalue weighted by molar-refractivity contribution is 5.98. The molecule has 1 heterocycles. The van der Waals surface area contributed by atoms with Gasteiger partial charge in [0.05, 0.1) is 7.11 Å². The molecule has 8 nitrogen and oxygen atoms in total. The molecule has 8 heteroatoms. The minimum atomic E-state index is -0.938. The van der Waals surface area contributed by atoms with Crippen molar-refractivity contribution < 1.29 is 28.9 Å². The summed E-state index contributed by atoms with van der Waals surface area (Å²) in [5.41, 5.74) is 3.26. The van der Waals surface area contributed by atoms with E-state index in [1.54, 1.807) is 49.6 Å². The topological polar surface area (TPSA) is 106 Å². The Morgan fingerprint density at radius 2 is 1.48 bits per heavy atom. The van der Waals surface area contributed by atoms with Crippen LogP contribution in [-0.2, 0) is 26.8 Å². The fourth-order valence-electron chi connectivity index (χ4n) is 4.91. The zero-order valence-corrected chi connectivity index (χ0v) is 25.6. The van der Waals surface area contributed by atoms with E-state index >= 15 is 0 Å². The van der Waals surface area contributed by atoms with Crippen LogP contribution in [0.1, 0.15) is 76.3 Å². The van der Waals surface area contributed by atoms with E-state index in [-0.39, 0.29) is 29.1 Å². The van der Waals surface area contributed by atoms with Crippen LogP contribution in [0.25, 0.3) is 0 Å². The molecule has 1 unspecified atom stereocenters. The summed E-state index contributed by atoms with van der Waals surface area (Å²) in [4.78, 5) is 26.8. The zero-order valence-electron chi connectivity index (χ0n) is 25.6. The van der Waals surface area contributed by atoms with Crippen molar-refractivity contribution in [3.8, 4) is 23.0 Å². The van der Waals surface area contributed by atoms with Gasteiger partial charge in [-0.1, -0.05) is 65.8 Å². The van der Waals surface area contributed by atoms with Crippen molar-refractivity contribution in [2.75, 3.05) is 25.6 Å². The Bertz CT molecular complexity index is 1400. The van der Waals surface area contributed by atoms with Gasteiger partial charge in [0.2, 0.25) is 5.91 Å². The van der Waals surface area contributed by atoms with Crippen LogP contribution in [0.3, 0.4) is 0 Å². The van der Waals surface area contributed by atoms with Gasteiger partial charge < -0.3 is 30.0 Å². The van der Waals surface area contributed by atoms with Crippen LogP contribution in [0.15, 0.2) is 54.6 Å². The quantitative estimate of drug-likeness (QED) is 0.296. The van der Waals surface area contributed by atoms with Crippen molar-refractivity contribution in [1.29, 1.82) is 0 Å². The minimum Gasteiger partial charge on any atom is -0.507 e. The molecular weight excluding hydrogens is 532 g/mol. The summed E-state index contributed by atoms with van der Waals surface area (Å²) in [6.45, 7) is 13.3. The molecule has 3 N–H and O–H groups in total. The first-order valence-corrected chi connectivity index (χ1v) is 14.3. The molecule has 3 aromatic rings. The number of anilines is 1. The number of rotatable bonds is 8. The fourth-order valence-corrected chi connectivity index (χ4v) is 4.91. The molecule has 0 fully saturated rings. The summed E-state index contributed by atoms with van der Waals surface area (Å²) in [6.07, 6.45) is 0.624. The Kier molecular flexibility index (Phi) is 9.04. The van der Waals surface area contributed by atoms with E-state index in [0.717, 1.165) is 16.7 Å². The van der Waals surface area contributed by atoms with Gasteiger partial charge in [0, 0.05) is 18.2 Å². The standard InChI is InChI=1S/C34H42N2O6/c1-33(2,3)25-18-21(19-26(31(25)38)34(4,5)6)8-15-29(37)36-30(22-9-12-24(40-7)13-10-22)32(39)35-23-11-14-27-28(20-23)42-17-16-41-27/h9-14,18-20,30,38H,8,15-17H2,1-7H3,(H,35,39)(H,36,37). The van der Waals surface area contributed by atoms with Gasteiger partial charge in [-0.25, -0.2) is 0 Å². The van der Waals surface area contributed by atoms with Gasteiger partial charge in [0.15, 0.2) is 11.5 Å². The SMILES string of the molecule is COc1ccc(C(NC(=O)CCc2cc(C(C)(C)C)c(O)c(C(C)(C)C)c2)C(=O)Nc2ccc3c(c2)OCCO3)cc1. The van der Waals surface area contributed by atoms with Gasteiger partial charge in [-0.2, -0.15) is 0 Å². The normalized spacial score (nSPS) is 13.7. The molecular formula is C34H42N2O6. The summed E-state index contributed by atoms with van der Waals surface area (Å²) < 4.78 is 16.5. The van der Waals surface area contributed by atoms with E-state index in [1.165, 1.54) is 0 Å². The largest absolute Gasteiger partial charge is 0.507 e. The fraction of sp³-hybridized carbons (Fsp3) is 0.412. The zero-order chi connectivity index (χ0) is 30.7. The van der Waals surface area contributed by atoms with Crippen molar-refractivity contribution in [3.63, 3.8) is 0 Å². The number of phenolic OH excluding ortho intramolecular Hbond substituents is 1. The minimum absolute atomic E-state index is 0.169. The summed E-state index contributed by atoms with van der Waals surface area (Å²) in [5, 5.41) is 16.9. The Hall–Kier alpha value is -4.20. The van der Waals surface area contributed by atoms with E-state index in [0.29, 0.717) is 53.9 Å². The van der Waals surface area contributed by atoms with Crippen molar-refractivity contribution in [2.45, 2.75) is 71.3 Å². The van der Waals surface area contributed by atoms with Crippen LogP contribution in [0.5, 0.6) is 23.0 Å². The van der Waals surface area contributed by atoms with Crippen LogP contribution in [0.4, 0.5) is 5.69 Å². The van der Waals surface area contributed by atoms with E-state index in [2.05, 4.69) is 52.2 Å². The number of phenols is 1. The molecule has 4 rings (SSSR count). The van der Waals surface area contributed by atoms with E-state index in [4.69, 9.17) is 14.2 Å². The van der Waals surface area contributed by atoms with E-state index in [1.807, 2.05) is 12.1 Å². The van der Waals surface area contributed by atoms with E-state index in [9.17, 15) is 14.7 Å². The summed E-state index contributed by atoms with van der Waals surface area (Å²) in [5.74, 6) is 1.47. The first-order valence-electron chi connectivity index (χ1n) is 14.3. The molecule has 0 aromatic heterocycles. The Labute approximate surface area is 248 Å². The van der Waals surface area contributed by atoms with Gasteiger partial charge in [0.25, 0.3) is 5.91 Å². The lowest BCUT2D eigenvalue weighted by atomic mass is 9.78. The van der Waals surface area contributed by atoms with Crippen LogP contribution in [-0.4, -0.2) is 37.2 Å². The number of carbonyl (C=O) groups excluding carboxylic acids is 2. The molecule has 0 saturated carbocycles. The molecule has 224 valence electrons. The van der Waals surface area contributed by atoms with Crippen molar-refractivity contribution in [3.05, 3.63) is 76.9 Å². The van der Waals surface area contributed by atoms with Gasteiger partial charge in [-0.15, -0.1) is 0 Å². The lowest BCUT2D eigenvalue weighted by molar-refractivity contribution is -0.126. The lowest BCUT2D eigenvalue weighted by Gasteiger charge is -2.28. The summed E-state index contributed by atoms with van der Waals surface area (Å²) in [7, 11) is 1.57. The Morgan fingerprint density at radius 3 is 2.05 bits per heavy atom. The van der Waals surface area contributed by atoms with Gasteiger partial charge >= 0.3 is 0 Å². The Morgan fingerprint density at radius 1 is 0.881 bits per heavy atom. The molecule has 42 heavy (non-hydrogen) atoms. The number of methoxy groups -OCH3 is 1. The molecule has 1 atom stereocenters. The van der Waals surface area contributed by atoms with Gasteiger partial charge in [-0.3, -0.25) is 9.59 Å². The van der Waals surface area contributed by atoms with E-state index < -0.39 is 6.04 Å². The molecule has 0 bridgehead atoms. The van der Waals surface area contributed by atoms with Crippen molar-refractivity contribution >= 4 is 17.5 Å². The highest BCUT2D eigenvalue weighted by atomic mass is 16.6. The number of amides is 2. The average molecular weight is 575 g/mol. The molecule has 0 spiro atoms. The number of hydrogen-bond donors (Lipinski definition) is 3. The maximum absolute atomic E-state index is 13.5. The predicted molar refractivity (Wildman–Crippen MR) is 164 cm³/mol. The second-order valence-corrected chi connectivity index (χ2v) is 12.7. The first kappa shape index (κ1) is 30.8. The number of hydrogen-bond acceptors (Lipinski definition) is 6. The monoisotopic (exact) mass is 574 g/mol. The average Bonchev–Trinajstić information content (AvgIpc) is 2.94. The maximum atomic E-state index is 13.5. The number of benzene rings is 3. The third-order valence-electron chi connectivity index (χ3n) is 7.25. The van der Waals surface area contributed by atoms with Crippen molar-refractivity contribution in [1.82, 2.24) is 5.32 Å². The summed E-state index contributed by atoms with van der Waals surface area (Å²) >= 11 is 0. The molecule has 0 saturated heterocycles. The number of nitrogens with one attached hydrogen (secondary N) is 2. The number of aryl methyl sites for hydroxylation is 1. The van der Waals surface area contributed by atoms with Gasteiger partial charge in [-0.05, 0) is 63.8 Å². The molecule has 2 amide bonds. The number of aromatic hydroxyl groups is 1. The van der Waals surface area contributed by atoms with Crippen LogP contribution in [0.2, 0.25) is 0 Å². The Balaban J connectivity index is 1.54. The first-order chi connectivity index (χ1) is 19.8. The third-order valence-corrected chi connectivity index (χ3v) is 7.25. The molecule has 1 aliphatic heterocycles. The maximum Gasteiger partial charge on any atom is 0.251 e. The molecule has 0 radical (unpaired) electrons. The smallest absolute Gasteiger partial charge is 0.251 e. The number of fused-ring (bicyclic) bond motifs is 1. The van der Waals surface area contributed by atoms with Crippen LogP contribution >= 0.6 is 0 Å². The third kappa shape index (κ3) is 7.35. The number of ether oxygens (including phenoxy) is 3. The van der Waals surface area contributed by atoms with Crippen molar-refractivity contribution in [2.24, 2.45) is 0 Å². The van der Waals surface area contributed by atoms with Crippen LogP contribution in [0, 0.1) is 0 Å². The second kappa shape index (κ2) is 12.3.